The van der Waals surface area contributed by atoms with Crippen molar-refractivity contribution in [3.63, 3.8) is 0 Å². The number of nitrogens with one attached hydrogen (secondary N) is 1. The Morgan fingerprint density at radius 1 is 1.19 bits per heavy atom. The first-order valence-corrected chi connectivity index (χ1v) is 10.8. The summed E-state index contributed by atoms with van der Waals surface area (Å²) in [4.78, 5) is 23.4. The van der Waals surface area contributed by atoms with Crippen LogP contribution in [0.15, 0.2) is 30.6 Å². The van der Waals surface area contributed by atoms with E-state index in [2.05, 4.69) is 25.3 Å². The number of aromatic nitrogens is 4. The van der Waals surface area contributed by atoms with E-state index in [0.29, 0.717) is 31.1 Å². The van der Waals surface area contributed by atoms with E-state index >= 15 is 0 Å². The van der Waals surface area contributed by atoms with E-state index in [4.69, 9.17) is 16.3 Å². The summed E-state index contributed by atoms with van der Waals surface area (Å²) in [6.07, 6.45) is 2.28. The van der Waals surface area contributed by atoms with Crippen LogP contribution in [0.2, 0.25) is 5.02 Å². The molecule has 1 N–H and O–H groups in total. The monoisotopic (exact) mass is 458 g/mol. The number of aryl methyl sites for hydroxylation is 1. The summed E-state index contributed by atoms with van der Waals surface area (Å²) >= 11 is 5.99. The average Bonchev–Trinajstić information content (AvgIpc) is 3.08. The van der Waals surface area contributed by atoms with Crippen molar-refractivity contribution < 1.29 is 13.9 Å². The second kappa shape index (κ2) is 9.62. The predicted octanol–water partition coefficient (Wildman–Crippen LogP) is 3.48. The van der Waals surface area contributed by atoms with E-state index < -0.39 is 5.82 Å². The molecule has 1 saturated heterocycles. The lowest BCUT2D eigenvalue weighted by Crippen LogP contribution is -2.36. The SMILES string of the molecule is Cc1nn(-c2cc(N3CCOCC3)ncn2)c(C)c1CCC(=O)Nc1ccc(F)cc1Cl. The standard InChI is InChI=1S/C22H24ClFN6O2/c1-14-17(4-6-22(31)27-19-5-3-16(24)11-18(19)23)15(2)30(28-14)21-12-20(25-13-26-21)29-7-9-32-10-8-29/h3,5,11-13H,4,6-10H2,1-2H3,(H,27,31). The molecule has 3 heterocycles. The fourth-order valence-electron chi connectivity index (χ4n) is 3.72. The van der Waals surface area contributed by atoms with E-state index in [-0.39, 0.29) is 17.4 Å². The third-order valence-electron chi connectivity index (χ3n) is 5.44. The van der Waals surface area contributed by atoms with E-state index in [1.54, 1.807) is 4.68 Å². The van der Waals surface area contributed by atoms with Crippen molar-refractivity contribution >= 4 is 29.0 Å². The van der Waals surface area contributed by atoms with Crippen molar-refractivity contribution in [2.45, 2.75) is 26.7 Å². The molecule has 1 aliphatic rings. The topological polar surface area (TPSA) is 85.2 Å². The highest BCUT2D eigenvalue weighted by atomic mass is 35.5. The Bertz CT molecular complexity index is 1130. The zero-order valence-electron chi connectivity index (χ0n) is 17.9. The molecule has 168 valence electrons. The molecule has 1 aromatic carbocycles. The zero-order chi connectivity index (χ0) is 22.7. The molecule has 1 fully saturated rings. The molecule has 1 aliphatic heterocycles. The number of hydrogen-bond acceptors (Lipinski definition) is 6. The van der Waals surface area contributed by atoms with Gasteiger partial charge in [-0.1, -0.05) is 11.6 Å². The molecule has 0 spiro atoms. The molecule has 4 rings (SSSR count). The van der Waals surface area contributed by atoms with Gasteiger partial charge in [0.25, 0.3) is 0 Å². The van der Waals surface area contributed by atoms with E-state index in [9.17, 15) is 9.18 Å². The van der Waals surface area contributed by atoms with Crippen molar-refractivity contribution in [2.24, 2.45) is 0 Å². The summed E-state index contributed by atoms with van der Waals surface area (Å²) in [6, 6.07) is 5.79. The molecular formula is C22H24ClFN6O2. The minimum absolute atomic E-state index is 0.165. The fraction of sp³-hybridized carbons (Fsp3) is 0.364. The summed E-state index contributed by atoms with van der Waals surface area (Å²) in [7, 11) is 0. The molecule has 1 amide bonds. The van der Waals surface area contributed by atoms with E-state index in [0.717, 1.165) is 35.9 Å². The van der Waals surface area contributed by atoms with Gasteiger partial charge in [0, 0.05) is 31.3 Å². The quantitative estimate of drug-likeness (QED) is 0.608. The van der Waals surface area contributed by atoms with Crippen molar-refractivity contribution in [1.82, 2.24) is 19.7 Å². The summed E-state index contributed by atoms with van der Waals surface area (Å²) < 4.78 is 20.4. The Hall–Kier alpha value is -3.04. The smallest absolute Gasteiger partial charge is 0.224 e. The first-order valence-electron chi connectivity index (χ1n) is 10.4. The molecule has 0 saturated carbocycles. The van der Waals surface area contributed by atoms with E-state index in [1.165, 1.54) is 24.5 Å². The van der Waals surface area contributed by atoms with Gasteiger partial charge in [-0.05, 0) is 44.0 Å². The van der Waals surface area contributed by atoms with Gasteiger partial charge in [-0.3, -0.25) is 4.79 Å². The van der Waals surface area contributed by atoms with Gasteiger partial charge in [-0.2, -0.15) is 5.10 Å². The van der Waals surface area contributed by atoms with Gasteiger partial charge >= 0.3 is 0 Å². The number of amides is 1. The number of halogens is 2. The second-order valence-electron chi connectivity index (χ2n) is 7.57. The molecule has 0 atom stereocenters. The largest absolute Gasteiger partial charge is 0.378 e. The number of carbonyl (C=O) groups is 1. The molecule has 0 aliphatic carbocycles. The zero-order valence-corrected chi connectivity index (χ0v) is 18.7. The van der Waals surface area contributed by atoms with Crippen LogP contribution in [-0.4, -0.2) is 52.0 Å². The molecule has 8 nitrogen and oxygen atoms in total. The van der Waals surface area contributed by atoms with Crippen LogP contribution in [0, 0.1) is 19.7 Å². The number of morpholine rings is 1. The maximum absolute atomic E-state index is 13.2. The normalized spacial score (nSPS) is 13.9. The third kappa shape index (κ3) is 4.89. The first-order chi connectivity index (χ1) is 15.4. The number of carbonyl (C=O) groups excluding carboxylic acids is 1. The minimum atomic E-state index is -0.451. The Morgan fingerprint density at radius 2 is 1.94 bits per heavy atom. The summed E-state index contributed by atoms with van der Waals surface area (Å²) in [6.45, 7) is 6.79. The van der Waals surface area contributed by atoms with Gasteiger partial charge in [-0.25, -0.2) is 19.0 Å². The number of ether oxygens (including phenoxy) is 1. The number of hydrogen-bond donors (Lipinski definition) is 1. The van der Waals surface area contributed by atoms with Crippen LogP contribution < -0.4 is 10.2 Å². The molecule has 32 heavy (non-hydrogen) atoms. The highest BCUT2D eigenvalue weighted by molar-refractivity contribution is 6.33. The van der Waals surface area contributed by atoms with Gasteiger partial charge in [0.1, 0.15) is 18.0 Å². The Balaban J connectivity index is 1.47. The van der Waals surface area contributed by atoms with Crippen LogP contribution in [-0.2, 0) is 16.0 Å². The van der Waals surface area contributed by atoms with Crippen LogP contribution in [0.4, 0.5) is 15.9 Å². The van der Waals surface area contributed by atoms with Crippen molar-refractivity contribution in [1.29, 1.82) is 0 Å². The number of rotatable bonds is 6. The molecule has 2 aromatic heterocycles. The Kier molecular flexibility index (Phi) is 6.66. The minimum Gasteiger partial charge on any atom is -0.378 e. The highest BCUT2D eigenvalue weighted by Crippen LogP contribution is 2.24. The van der Waals surface area contributed by atoms with Crippen LogP contribution in [0.1, 0.15) is 23.4 Å². The van der Waals surface area contributed by atoms with Gasteiger partial charge in [0.05, 0.1) is 29.6 Å². The van der Waals surface area contributed by atoms with Crippen LogP contribution in [0.3, 0.4) is 0 Å². The molecule has 3 aromatic rings. The second-order valence-corrected chi connectivity index (χ2v) is 7.97. The van der Waals surface area contributed by atoms with Gasteiger partial charge in [0.15, 0.2) is 5.82 Å². The van der Waals surface area contributed by atoms with Crippen LogP contribution in [0.25, 0.3) is 5.82 Å². The number of nitrogens with zero attached hydrogens (tertiary/aromatic N) is 5. The maximum Gasteiger partial charge on any atom is 0.224 e. The van der Waals surface area contributed by atoms with Crippen molar-refractivity contribution in [3.8, 4) is 5.82 Å². The van der Waals surface area contributed by atoms with Gasteiger partial charge < -0.3 is 15.0 Å². The Labute approximate surface area is 190 Å². The highest BCUT2D eigenvalue weighted by Gasteiger charge is 2.18. The Morgan fingerprint density at radius 3 is 2.69 bits per heavy atom. The lowest BCUT2D eigenvalue weighted by Gasteiger charge is -2.27. The fourth-order valence-corrected chi connectivity index (χ4v) is 3.93. The molecule has 0 bridgehead atoms. The average molecular weight is 459 g/mol. The van der Waals surface area contributed by atoms with Crippen molar-refractivity contribution in [2.75, 3.05) is 36.5 Å². The number of benzene rings is 1. The lowest BCUT2D eigenvalue weighted by atomic mass is 10.1. The van der Waals surface area contributed by atoms with Crippen LogP contribution >= 0.6 is 11.6 Å². The van der Waals surface area contributed by atoms with E-state index in [1.807, 2.05) is 19.9 Å². The first kappa shape index (κ1) is 22.2. The van der Waals surface area contributed by atoms with Crippen LogP contribution in [0.5, 0.6) is 0 Å². The molecular weight excluding hydrogens is 435 g/mol. The van der Waals surface area contributed by atoms with Gasteiger partial charge in [0.2, 0.25) is 5.91 Å². The summed E-state index contributed by atoms with van der Waals surface area (Å²) in [5.74, 6) is 0.855. The molecule has 0 unspecified atom stereocenters. The lowest BCUT2D eigenvalue weighted by molar-refractivity contribution is -0.116. The molecule has 0 radical (unpaired) electrons. The summed E-state index contributed by atoms with van der Waals surface area (Å²) in [5.41, 5.74) is 3.12. The van der Waals surface area contributed by atoms with Gasteiger partial charge in [-0.15, -0.1) is 0 Å². The number of anilines is 2. The predicted molar refractivity (Wildman–Crippen MR) is 120 cm³/mol. The third-order valence-corrected chi connectivity index (χ3v) is 5.75. The maximum atomic E-state index is 13.2. The molecule has 10 heteroatoms. The summed E-state index contributed by atoms with van der Waals surface area (Å²) in [5, 5.41) is 7.53. The van der Waals surface area contributed by atoms with Crippen molar-refractivity contribution in [3.05, 3.63) is 58.4 Å².